The number of amides is 1. The van der Waals surface area contributed by atoms with Crippen molar-refractivity contribution in [1.82, 2.24) is 5.43 Å². The Morgan fingerprint density at radius 2 is 1.81 bits per heavy atom. The maximum atomic E-state index is 13.5. The van der Waals surface area contributed by atoms with E-state index in [0.717, 1.165) is 32.7 Å². The second-order valence-electron chi connectivity index (χ2n) is 8.40. The Hall–Kier alpha value is -3.01. The summed E-state index contributed by atoms with van der Waals surface area (Å²) < 4.78 is 33.9. The quantitative estimate of drug-likeness (QED) is 0.309. The third-order valence-electron chi connectivity index (χ3n) is 5.53. The van der Waals surface area contributed by atoms with E-state index in [1.54, 1.807) is 31.2 Å². The topological polar surface area (TPSA) is 88.1 Å². The highest BCUT2D eigenvalue weighted by atomic mass is 35.5. The molecule has 0 aromatic heterocycles. The molecular formula is C26H26ClN3O4S2. The summed E-state index contributed by atoms with van der Waals surface area (Å²) in [6.45, 7) is 3.16. The van der Waals surface area contributed by atoms with E-state index in [1.165, 1.54) is 24.4 Å². The lowest BCUT2D eigenvalue weighted by molar-refractivity contribution is -0.119. The summed E-state index contributed by atoms with van der Waals surface area (Å²) in [6.07, 6.45) is 1.75. The molecule has 0 bridgehead atoms. The number of rotatable bonds is 9. The zero-order chi connectivity index (χ0) is 25.7. The van der Waals surface area contributed by atoms with Crippen LogP contribution in [-0.4, -0.2) is 44.7 Å². The Morgan fingerprint density at radius 1 is 1.11 bits per heavy atom. The molecule has 3 aromatic carbocycles. The third kappa shape index (κ3) is 6.40. The van der Waals surface area contributed by atoms with Crippen LogP contribution in [0, 0.1) is 13.8 Å². The average Bonchev–Trinajstić information content (AvgIpc) is 2.83. The molecule has 10 heteroatoms. The molecule has 3 aromatic rings. The number of hydrogen-bond acceptors (Lipinski definition) is 6. The van der Waals surface area contributed by atoms with Crippen LogP contribution in [0.1, 0.15) is 16.7 Å². The van der Waals surface area contributed by atoms with Gasteiger partial charge in [0.2, 0.25) is 0 Å². The van der Waals surface area contributed by atoms with Crippen molar-refractivity contribution in [2.24, 2.45) is 5.10 Å². The molecule has 1 N–H and O–H groups in total. The maximum absolute atomic E-state index is 13.5. The van der Waals surface area contributed by atoms with Gasteiger partial charge in [-0.15, -0.1) is 0 Å². The van der Waals surface area contributed by atoms with E-state index in [4.69, 9.17) is 16.3 Å². The van der Waals surface area contributed by atoms with Crippen molar-refractivity contribution in [3.05, 3.63) is 88.4 Å². The number of nitrogens with zero attached hydrogens (tertiary/aromatic N) is 2. The fraction of sp³-hybridized carbons (Fsp3) is 0.231. The summed E-state index contributed by atoms with van der Waals surface area (Å²) in [5.41, 5.74) is 5.09. The average molecular weight is 544 g/mol. The van der Waals surface area contributed by atoms with Crippen molar-refractivity contribution in [2.45, 2.75) is 24.8 Å². The van der Waals surface area contributed by atoms with Crippen molar-refractivity contribution < 1.29 is 17.9 Å². The van der Waals surface area contributed by atoms with Crippen LogP contribution < -0.4 is 14.5 Å². The molecule has 0 spiro atoms. The zero-order valence-electron chi connectivity index (χ0n) is 19.8. The predicted molar refractivity (Wildman–Crippen MR) is 146 cm³/mol. The smallest absolute Gasteiger partial charge is 0.264 e. The van der Waals surface area contributed by atoms with Gasteiger partial charge in [0.05, 0.1) is 16.8 Å². The highest BCUT2D eigenvalue weighted by molar-refractivity contribution is 8.00. The second-order valence-corrected chi connectivity index (χ2v) is 11.8. The molecule has 0 saturated carbocycles. The minimum absolute atomic E-state index is 0.0755. The molecule has 1 heterocycles. The lowest BCUT2D eigenvalue weighted by Crippen LogP contribution is -2.40. The molecule has 1 fully saturated rings. The van der Waals surface area contributed by atoms with Crippen molar-refractivity contribution >= 4 is 51.2 Å². The first-order valence-electron chi connectivity index (χ1n) is 11.2. The number of anilines is 1. The van der Waals surface area contributed by atoms with Crippen LogP contribution >= 0.6 is 23.4 Å². The minimum Gasteiger partial charge on any atom is -0.489 e. The van der Waals surface area contributed by atoms with Crippen LogP contribution in [0.25, 0.3) is 0 Å². The Morgan fingerprint density at radius 3 is 2.44 bits per heavy atom. The summed E-state index contributed by atoms with van der Waals surface area (Å²) in [6, 6.07) is 18.7. The molecule has 1 aliphatic rings. The van der Waals surface area contributed by atoms with Gasteiger partial charge in [0.25, 0.3) is 15.9 Å². The molecule has 0 radical (unpaired) electrons. The first-order valence-corrected chi connectivity index (χ1v) is 14.2. The van der Waals surface area contributed by atoms with Gasteiger partial charge in [-0.3, -0.25) is 9.10 Å². The van der Waals surface area contributed by atoms with E-state index in [1.807, 2.05) is 43.0 Å². The van der Waals surface area contributed by atoms with Gasteiger partial charge < -0.3 is 4.74 Å². The number of hydrazone groups is 1. The van der Waals surface area contributed by atoms with Gasteiger partial charge in [-0.05, 0) is 73.5 Å². The number of thioether (sulfide) groups is 1. The number of hydrogen-bond donors (Lipinski definition) is 1. The molecule has 7 nitrogen and oxygen atoms in total. The van der Waals surface area contributed by atoms with E-state index in [2.05, 4.69) is 10.5 Å². The van der Waals surface area contributed by atoms with Gasteiger partial charge in [-0.2, -0.15) is 16.9 Å². The second kappa shape index (κ2) is 11.4. The van der Waals surface area contributed by atoms with E-state index >= 15 is 0 Å². The van der Waals surface area contributed by atoms with Crippen molar-refractivity contribution in [3.8, 4) is 5.75 Å². The molecular weight excluding hydrogens is 518 g/mol. The molecule has 1 saturated heterocycles. The predicted octanol–water partition coefficient (Wildman–Crippen LogP) is 4.80. The summed E-state index contributed by atoms with van der Waals surface area (Å²) in [5.74, 6) is 2.19. The standard InChI is InChI=1S/C26H26ClN3O4S2/c1-18-3-11-24(12-4-18)36(32,33)30(25-13-21(27)8-5-19(25)2)15-26(31)29-28-14-20-6-9-22(10-7-20)34-23-16-35-17-23/h3-14,23H,15-17H2,1-2H3,(H,29,31)/b28-14-. The van der Waals surface area contributed by atoms with Gasteiger partial charge in [-0.1, -0.05) is 35.4 Å². The SMILES string of the molecule is Cc1ccc(S(=O)(=O)N(CC(=O)N/N=C\c2ccc(OC3CSC3)cc2)c2cc(Cl)ccc2C)cc1. The summed E-state index contributed by atoms with van der Waals surface area (Å²) >= 11 is 8.01. The van der Waals surface area contributed by atoms with Crippen molar-refractivity contribution in [3.63, 3.8) is 0 Å². The van der Waals surface area contributed by atoms with Crippen LogP contribution in [0.5, 0.6) is 5.75 Å². The Labute approximate surface area is 220 Å². The molecule has 0 aliphatic carbocycles. The minimum atomic E-state index is -4.05. The van der Waals surface area contributed by atoms with Crippen LogP contribution in [0.4, 0.5) is 5.69 Å². The number of sulfonamides is 1. The van der Waals surface area contributed by atoms with Gasteiger partial charge in [0.1, 0.15) is 18.4 Å². The van der Waals surface area contributed by atoms with E-state index in [9.17, 15) is 13.2 Å². The number of ether oxygens (including phenoxy) is 1. The Kier molecular flexibility index (Phi) is 8.23. The van der Waals surface area contributed by atoms with E-state index in [0.29, 0.717) is 16.3 Å². The number of aryl methyl sites for hydroxylation is 2. The maximum Gasteiger partial charge on any atom is 0.264 e. The molecule has 188 valence electrons. The largest absolute Gasteiger partial charge is 0.489 e. The summed E-state index contributed by atoms with van der Waals surface area (Å²) in [5, 5.41) is 4.36. The van der Waals surface area contributed by atoms with Gasteiger partial charge in [0.15, 0.2) is 0 Å². The number of carbonyl (C=O) groups is 1. The number of carbonyl (C=O) groups excluding carboxylic acids is 1. The highest BCUT2D eigenvalue weighted by Crippen LogP contribution is 2.29. The lowest BCUT2D eigenvalue weighted by Gasteiger charge is -2.25. The molecule has 4 rings (SSSR count). The first kappa shape index (κ1) is 26.1. The lowest BCUT2D eigenvalue weighted by atomic mass is 10.2. The Balaban J connectivity index is 1.49. The fourth-order valence-electron chi connectivity index (χ4n) is 3.44. The van der Waals surface area contributed by atoms with Gasteiger partial charge in [-0.25, -0.2) is 13.8 Å². The molecule has 36 heavy (non-hydrogen) atoms. The van der Waals surface area contributed by atoms with Crippen LogP contribution in [0.3, 0.4) is 0 Å². The fourth-order valence-corrected chi connectivity index (χ4v) is 5.65. The molecule has 0 unspecified atom stereocenters. The third-order valence-corrected chi connectivity index (χ3v) is 8.75. The molecule has 1 amide bonds. The molecule has 1 aliphatic heterocycles. The number of nitrogens with one attached hydrogen (secondary N) is 1. The van der Waals surface area contributed by atoms with Crippen molar-refractivity contribution in [2.75, 3.05) is 22.4 Å². The van der Waals surface area contributed by atoms with E-state index < -0.39 is 22.5 Å². The van der Waals surface area contributed by atoms with Crippen molar-refractivity contribution in [1.29, 1.82) is 0 Å². The van der Waals surface area contributed by atoms with Crippen LogP contribution in [-0.2, 0) is 14.8 Å². The highest BCUT2D eigenvalue weighted by Gasteiger charge is 2.28. The summed E-state index contributed by atoms with van der Waals surface area (Å²) in [7, 11) is -4.05. The molecule has 0 atom stereocenters. The van der Waals surface area contributed by atoms with Crippen LogP contribution in [0.2, 0.25) is 5.02 Å². The zero-order valence-corrected chi connectivity index (χ0v) is 22.2. The first-order chi connectivity index (χ1) is 17.2. The normalized spacial score (nSPS) is 13.9. The van der Waals surface area contributed by atoms with Gasteiger partial charge in [0, 0.05) is 16.5 Å². The monoisotopic (exact) mass is 543 g/mol. The Bertz CT molecular complexity index is 1360. The number of benzene rings is 3. The van der Waals surface area contributed by atoms with Gasteiger partial charge >= 0.3 is 0 Å². The summed E-state index contributed by atoms with van der Waals surface area (Å²) in [4.78, 5) is 12.8. The number of halogens is 1. The van der Waals surface area contributed by atoms with E-state index in [-0.39, 0.29) is 11.0 Å². The van der Waals surface area contributed by atoms with Crippen LogP contribution in [0.15, 0.2) is 76.7 Å².